The van der Waals surface area contributed by atoms with E-state index < -0.39 is 15.8 Å². The van der Waals surface area contributed by atoms with E-state index in [1.54, 1.807) is 6.92 Å². The Morgan fingerprint density at radius 3 is 2.56 bits per heavy atom. The van der Waals surface area contributed by atoms with Crippen molar-refractivity contribution in [3.05, 3.63) is 29.6 Å². The van der Waals surface area contributed by atoms with Gasteiger partial charge in [0.15, 0.2) is 0 Å². The Kier molecular flexibility index (Phi) is 4.29. The third-order valence-corrected chi connectivity index (χ3v) is 4.53. The Balaban J connectivity index is 3.24. The van der Waals surface area contributed by atoms with Gasteiger partial charge in [0.25, 0.3) is 0 Å². The molecule has 0 atom stereocenters. The van der Waals surface area contributed by atoms with Crippen LogP contribution in [0.1, 0.15) is 12.5 Å². The SMILES string of the molecule is CCN(C)S(=O)(=O)c1ccc(F)c(CCl)c1. The molecular weight excluding hydrogens is 253 g/mol. The molecule has 3 nitrogen and oxygen atoms in total. The summed E-state index contributed by atoms with van der Waals surface area (Å²) in [4.78, 5) is 0.0638. The van der Waals surface area contributed by atoms with Crippen LogP contribution in [0.5, 0.6) is 0 Å². The summed E-state index contributed by atoms with van der Waals surface area (Å²) in [6.07, 6.45) is 0. The second kappa shape index (κ2) is 5.12. The minimum Gasteiger partial charge on any atom is -0.207 e. The fourth-order valence-electron chi connectivity index (χ4n) is 1.16. The number of benzene rings is 1. The molecule has 0 bridgehead atoms. The Hall–Kier alpha value is -0.650. The number of nitrogens with zero attached hydrogens (tertiary/aromatic N) is 1. The summed E-state index contributed by atoms with van der Waals surface area (Å²) in [5.74, 6) is -0.543. The maximum atomic E-state index is 13.1. The number of halogens is 2. The lowest BCUT2D eigenvalue weighted by molar-refractivity contribution is 0.486. The highest BCUT2D eigenvalue weighted by Gasteiger charge is 2.20. The molecule has 0 aromatic heterocycles. The maximum Gasteiger partial charge on any atom is 0.242 e. The van der Waals surface area contributed by atoms with Crippen molar-refractivity contribution in [3.8, 4) is 0 Å². The van der Waals surface area contributed by atoms with Crippen LogP contribution < -0.4 is 0 Å². The molecule has 0 aliphatic carbocycles. The van der Waals surface area contributed by atoms with E-state index >= 15 is 0 Å². The zero-order chi connectivity index (χ0) is 12.3. The highest BCUT2D eigenvalue weighted by atomic mass is 35.5. The minimum absolute atomic E-state index is 0.0506. The van der Waals surface area contributed by atoms with Gasteiger partial charge in [0.2, 0.25) is 10.0 Å². The van der Waals surface area contributed by atoms with E-state index in [9.17, 15) is 12.8 Å². The van der Waals surface area contributed by atoms with Gasteiger partial charge in [0.1, 0.15) is 5.82 Å². The van der Waals surface area contributed by atoms with Crippen molar-refractivity contribution in [2.75, 3.05) is 13.6 Å². The lowest BCUT2D eigenvalue weighted by atomic mass is 10.2. The normalized spacial score (nSPS) is 12.1. The number of hydrogen-bond donors (Lipinski definition) is 0. The average Bonchev–Trinajstić information content (AvgIpc) is 2.28. The fourth-order valence-corrected chi connectivity index (χ4v) is 2.60. The van der Waals surface area contributed by atoms with Gasteiger partial charge in [0, 0.05) is 19.2 Å². The van der Waals surface area contributed by atoms with Gasteiger partial charge in [-0.25, -0.2) is 17.1 Å². The number of rotatable bonds is 4. The zero-order valence-corrected chi connectivity index (χ0v) is 10.6. The topological polar surface area (TPSA) is 37.4 Å². The van der Waals surface area contributed by atoms with E-state index in [-0.39, 0.29) is 16.3 Å². The highest BCUT2D eigenvalue weighted by Crippen LogP contribution is 2.19. The summed E-state index contributed by atoms with van der Waals surface area (Å²) in [5.41, 5.74) is 0.187. The Bertz CT molecular complexity index is 476. The molecule has 0 aliphatic heterocycles. The standard InChI is InChI=1S/C10H13ClFNO2S/c1-3-13(2)16(14,15)9-4-5-10(12)8(6-9)7-11/h4-6H,3,7H2,1-2H3. The van der Waals surface area contributed by atoms with Gasteiger partial charge in [-0.05, 0) is 18.2 Å². The van der Waals surface area contributed by atoms with Crippen molar-refractivity contribution in [1.29, 1.82) is 0 Å². The molecule has 0 aliphatic rings. The second-order valence-corrected chi connectivity index (χ2v) is 5.62. The van der Waals surface area contributed by atoms with Crippen LogP contribution in [0.2, 0.25) is 0 Å². The Morgan fingerprint density at radius 2 is 2.06 bits per heavy atom. The molecule has 0 saturated carbocycles. The molecule has 1 aromatic rings. The molecular formula is C10H13ClFNO2S. The smallest absolute Gasteiger partial charge is 0.207 e. The lowest BCUT2D eigenvalue weighted by Crippen LogP contribution is -2.26. The van der Waals surface area contributed by atoms with Crippen LogP contribution >= 0.6 is 11.6 Å². The predicted molar refractivity (Wildman–Crippen MR) is 61.4 cm³/mol. The molecule has 0 fully saturated rings. The summed E-state index contributed by atoms with van der Waals surface area (Å²) in [6, 6.07) is 3.63. The van der Waals surface area contributed by atoms with Crippen molar-refractivity contribution < 1.29 is 12.8 Å². The van der Waals surface area contributed by atoms with Crippen LogP contribution in [0.25, 0.3) is 0 Å². The third-order valence-electron chi connectivity index (χ3n) is 2.31. The average molecular weight is 266 g/mol. The van der Waals surface area contributed by atoms with Crippen molar-refractivity contribution in [2.24, 2.45) is 0 Å². The summed E-state index contributed by atoms with van der Waals surface area (Å²) < 4.78 is 38.1. The van der Waals surface area contributed by atoms with E-state index in [2.05, 4.69) is 0 Å². The molecule has 0 spiro atoms. The molecule has 0 amide bonds. The van der Waals surface area contributed by atoms with E-state index in [0.29, 0.717) is 6.54 Å². The summed E-state index contributed by atoms with van der Waals surface area (Å²) in [7, 11) is -2.06. The van der Waals surface area contributed by atoms with Crippen LogP contribution in [0, 0.1) is 5.82 Å². The van der Waals surface area contributed by atoms with Crippen LogP contribution in [-0.2, 0) is 15.9 Å². The molecule has 0 radical (unpaired) electrons. The van der Waals surface area contributed by atoms with Gasteiger partial charge in [-0.2, -0.15) is 0 Å². The fraction of sp³-hybridized carbons (Fsp3) is 0.400. The summed E-state index contributed by atoms with van der Waals surface area (Å²) in [5, 5.41) is 0. The van der Waals surface area contributed by atoms with E-state index in [4.69, 9.17) is 11.6 Å². The molecule has 0 saturated heterocycles. The first-order valence-electron chi connectivity index (χ1n) is 4.74. The largest absolute Gasteiger partial charge is 0.242 e. The number of sulfonamides is 1. The van der Waals surface area contributed by atoms with E-state index in [1.807, 2.05) is 0 Å². The number of alkyl halides is 1. The lowest BCUT2D eigenvalue weighted by Gasteiger charge is -2.15. The van der Waals surface area contributed by atoms with E-state index in [1.165, 1.54) is 23.5 Å². The second-order valence-electron chi connectivity index (χ2n) is 3.31. The number of hydrogen-bond acceptors (Lipinski definition) is 2. The molecule has 16 heavy (non-hydrogen) atoms. The monoisotopic (exact) mass is 265 g/mol. The predicted octanol–water partition coefficient (Wildman–Crippen LogP) is 2.20. The van der Waals surface area contributed by atoms with Crippen LogP contribution in [-0.4, -0.2) is 26.3 Å². The maximum absolute atomic E-state index is 13.1. The highest BCUT2D eigenvalue weighted by molar-refractivity contribution is 7.89. The van der Waals surface area contributed by atoms with Gasteiger partial charge < -0.3 is 0 Å². The van der Waals surface area contributed by atoms with Crippen molar-refractivity contribution in [3.63, 3.8) is 0 Å². The molecule has 0 unspecified atom stereocenters. The Morgan fingerprint density at radius 1 is 1.44 bits per heavy atom. The zero-order valence-electron chi connectivity index (χ0n) is 9.07. The summed E-state index contributed by atoms with van der Waals surface area (Å²) >= 11 is 5.52. The first kappa shape index (κ1) is 13.4. The van der Waals surface area contributed by atoms with Crippen LogP contribution in [0.15, 0.2) is 23.1 Å². The molecule has 6 heteroatoms. The van der Waals surface area contributed by atoms with Gasteiger partial charge in [-0.15, -0.1) is 11.6 Å². The van der Waals surface area contributed by atoms with Gasteiger partial charge in [-0.1, -0.05) is 6.92 Å². The summed E-state index contributed by atoms with van der Waals surface area (Å²) in [6.45, 7) is 2.08. The molecule has 1 rings (SSSR count). The van der Waals surface area contributed by atoms with E-state index in [0.717, 1.165) is 6.07 Å². The molecule has 1 aromatic carbocycles. The Labute approximate surface area is 99.9 Å². The van der Waals surface area contributed by atoms with Gasteiger partial charge in [0.05, 0.1) is 10.8 Å². The van der Waals surface area contributed by atoms with Crippen molar-refractivity contribution >= 4 is 21.6 Å². The van der Waals surface area contributed by atoms with Gasteiger partial charge in [-0.3, -0.25) is 0 Å². The van der Waals surface area contributed by atoms with Crippen LogP contribution in [0.4, 0.5) is 4.39 Å². The van der Waals surface area contributed by atoms with Gasteiger partial charge >= 0.3 is 0 Å². The first-order chi connectivity index (χ1) is 7.43. The molecule has 0 heterocycles. The third kappa shape index (κ3) is 2.53. The van der Waals surface area contributed by atoms with Crippen LogP contribution in [0.3, 0.4) is 0 Å². The molecule has 90 valence electrons. The quantitative estimate of drug-likeness (QED) is 0.783. The molecule has 0 N–H and O–H groups in total. The minimum atomic E-state index is -3.53. The van der Waals surface area contributed by atoms with Crippen molar-refractivity contribution in [2.45, 2.75) is 17.7 Å². The van der Waals surface area contributed by atoms with Crippen molar-refractivity contribution in [1.82, 2.24) is 4.31 Å². The first-order valence-corrected chi connectivity index (χ1v) is 6.71.